The van der Waals surface area contributed by atoms with E-state index in [1.807, 2.05) is 0 Å². The molecule has 2 N–H and O–H groups in total. The van der Waals surface area contributed by atoms with Crippen LogP contribution >= 0.6 is 11.3 Å². The molecule has 0 aliphatic carbocycles. The summed E-state index contributed by atoms with van der Waals surface area (Å²) in [4.78, 5) is 24.0. The number of fused-ring (bicyclic) bond motifs is 1. The van der Waals surface area contributed by atoms with Crippen LogP contribution in [0.1, 0.15) is 22.9 Å². The fraction of sp³-hybridized carbons (Fsp3) is 0.231. The normalized spacial score (nSPS) is 17.0. The molecule has 6 nitrogen and oxygen atoms in total. The van der Waals surface area contributed by atoms with E-state index >= 15 is 0 Å². The number of aryl methyl sites for hydroxylation is 1. The second-order valence-corrected chi connectivity index (χ2v) is 5.83. The molecule has 2 amide bonds. The molecule has 2 heterocycles. The van der Waals surface area contributed by atoms with Crippen molar-refractivity contribution in [2.75, 3.05) is 10.6 Å². The van der Waals surface area contributed by atoms with Gasteiger partial charge in [0.25, 0.3) is 0 Å². The molecule has 0 radical (unpaired) electrons. The van der Waals surface area contributed by atoms with Crippen molar-refractivity contribution in [2.24, 2.45) is 0 Å². The highest BCUT2D eigenvalue weighted by atomic mass is 32.1. The number of anilines is 2. The predicted octanol–water partition coefficient (Wildman–Crippen LogP) is 2.05. The summed E-state index contributed by atoms with van der Waals surface area (Å²) in [7, 11) is 0. The standard InChI is InChI=1S/C13H11FN4O2S/c1-6-17-18-13(21-6)16-12(20)9-5-11(19)15-10-4-7(14)2-3-8(9)10/h2-4,9H,5H2,1H3,(H,15,19)(H,16,18,20)/t9-/m1/s1. The average Bonchev–Trinajstić information content (AvgIpc) is 2.82. The van der Waals surface area contributed by atoms with Crippen molar-refractivity contribution in [3.63, 3.8) is 0 Å². The van der Waals surface area contributed by atoms with Gasteiger partial charge in [0.15, 0.2) is 0 Å². The number of nitrogens with zero attached hydrogens (tertiary/aromatic N) is 2. The summed E-state index contributed by atoms with van der Waals surface area (Å²) in [5.74, 6) is -1.80. The second-order valence-electron chi connectivity index (χ2n) is 4.65. The third-order valence-corrected chi connectivity index (χ3v) is 3.88. The minimum atomic E-state index is -0.668. The maximum Gasteiger partial charge on any atom is 0.234 e. The molecule has 21 heavy (non-hydrogen) atoms. The van der Waals surface area contributed by atoms with Crippen LogP contribution < -0.4 is 10.6 Å². The highest BCUT2D eigenvalue weighted by Gasteiger charge is 2.31. The van der Waals surface area contributed by atoms with E-state index in [-0.39, 0.29) is 18.2 Å². The Labute approximate surface area is 123 Å². The van der Waals surface area contributed by atoms with Crippen LogP contribution in [-0.4, -0.2) is 22.0 Å². The molecule has 0 saturated carbocycles. The average molecular weight is 306 g/mol. The number of carbonyl (C=O) groups is 2. The molecule has 0 saturated heterocycles. The molecule has 8 heteroatoms. The minimum Gasteiger partial charge on any atom is -0.326 e. The van der Waals surface area contributed by atoms with Crippen molar-refractivity contribution in [1.82, 2.24) is 10.2 Å². The molecule has 0 spiro atoms. The number of hydrogen-bond donors (Lipinski definition) is 2. The lowest BCUT2D eigenvalue weighted by molar-refractivity contribution is -0.123. The Hall–Kier alpha value is -2.35. The summed E-state index contributed by atoms with van der Waals surface area (Å²) in [5, 5.41) is 13.9. The Balaban J connectivity index is 1.88. The minimum absolute atomic E-state index is 0.0161. The van der Waals surface area contributed by atoms with Crippen LogP contribution in [0, 0.1) is 12.7 Å². The molecule has 3 rings (SSSR count). The molecule has 2 aromatic rings. The van der Waals surface area contributed by atoms with E-state index in [2.05, 4.69) is 20.8 Å². The number of hydrogen-bond acceptors (Lipinski definition) is 5. The van der Waals surface area contributed by atoms with Gasteiger partial charge in [-0.1, -0.05) is 17.4 Å². The lowest BCUT2D eigenvalue weighted by Gasteiger charge is -2.24. The third-order valence-electron chi connectivity index (χ3n) is 3.13. The van der Waals surface area contributed by atoms with Crippen molar-refractivity contribution < 1.29 is 14.0 Å². The number of aromatic nitrogens is 2. The van der Waals surface area contributed by atoms with Gasteiger partial charge in [-0.2, -0.15) is 0 Å². The Morgan fingerprint density at radius 1 is 1.48 bits per heavy atom. The van der Waals surface area contributed by atoms with Crippen molar-refractivity contribution in [2.45, 2.75) is 19.3 Å². The monoisotopic (exact) mass is 306 g/mol. The Morgan fingerprint density at radius 3 is 3.00 bits per heavy atom. The van der Waals surface area contributed by atoms with Crippen LogP contribution in [0.3, 0.4) is 0 Å². The molecule has 1 aliphatic rings. The summed E-state index contributed by atoms with van der Waals surface area (Å²) in [5.41, 5.74) is 0.926. The number of halogens is 1. The van der Waals surface area contributed by atoms with Gasteiger partial charge in [-0.25, -0.2) is 4.39 Å². The van der Waals surface area contributed by atoms with E-state index in [1.165, 1.54) is 29.5 Å². The van der Waals surface area contributed by atoms with Crippen LogP contribution in [-0.2, 0) is 9.59 Å². The molecule has 0 fully saturated rings. The van der Waals surface area contributed by atoms with E-state index in [1.54, 1.807) is 6.92 Å². The van der Waals surface area contributed by atoms with Crippen molar-refractivity contribution in [1.29, 1.82) is 0 Å². The highest BCUT2D eigenvalue weighted by Crippen LogP contribution is 2.33. The molecule has 0 bridgehead atoms. The highest BCUT2D eigenvalue weighted by molar-refractivity contribution is 7.15. The number of nitrogens with one attached hydrogen (secondary N) is 2. The lowest BCUT2D eigenvalue weighted by Crippen LogP contribution is -2.30. The van der Waals surface area contributed by atoms with Gasteiger partial charge >= 0.3 is 0 Å². The van der Waals surface area contributed by atoms with Gasteiger partial charge in [-0.3, -0.25) is 14.9 Å². The van der Waals surface area contributed by atoms with Crippen LogP contribution in [0.2, 0.25) is 0 Å². The zero-order valence-electron chi connectivity index (χ0n) is 11.0. The Bertz CT molecular complexity index is 731. The van der Waals surface area contributed by atoms with Crippen LogP contribution in [0.15, 0.2) is 18.2 Å². The number of rotatable bonds is 2. The molecule has 0 unspecified atom stereocenters. The third kappa shape index (κ3) is 2.75. The predicted molar refractivity (Wildman–Crippen MR) is 75.7 cm³/mol. The lowest BCUT2D eigenvalue weighted by atomic mass is 9.90. The van der Waals surface area contributed by atoms with Gasteiger partial charge < -0.3 is 5.32 Å². The van der Waals surface area contributed by atoms with E-state index in [0.717, 1.165) is 5.01 Å². The van der Waals surface area contributed by atoms with Crippen molar-refractivity contribution >= 4 is 34.0 Å². The summed E-state index contributed by atoms with van der Waals surface area (Å²) in [6.45, 7) is 1.78. The first-order chi connectivity index (χ1) is 10.0. The van der Waals surface area contributed by atoms with Crippen molar-refractivity contribution in [3.8, 4) is 0 Å². The first kappa shape index (κ1) is 13.6. The second kappa shape index (κ2) is 5.21. The van der Waals surface area contributed by atoms with Gasteiger partial charge in [-0.15, -0.1) is 10.2 Å². The Morgan fingerprint density at radius 2 is 2.29 bits per heavy atom. The van der Waals surface area contributed by atoms with Gasteiger partial charge in [0.2, 0.25) is 16.9 Å². The van der Waals surface area contributed by atoms with Crippen LogP contribution in [0.25, 0.3) is 0 Å². The van der Waals surface area contributed by atoms with Gasteiger partial charge in [-0.05, 0) is 24.6 Å². The molecule has 1 aliphatic heterocycles. The molecule has 1 aromatic carbocycles. The number of benzene rings is 1. The Kier molecular flexibility index (Phi) is 3.38. The van der Waals surface area contributed by atoms with Crippen LogP contribution in [0.5, 0.6) is 0 Å². The fourth-order valence-corrected chi connectivity index (χ4v) is 2.81. The summed E-state index contributed by atoms with van der Waals surface area (Å²) >= 11 is 1.25. The molecule has 1 aromatic heterocycles. The summed E-state index contributed by atoms with van der Waals surface area (Å²) in [6.07, 6.45) is 0.0161. The van der Waals surface area contributed by atoms with Gasteiger partial charge in [0.1, 0.15) is 10.8 Å². The zero-order chi connectivity index (χ0) is 15.0. The molecular formula is C13H11FN4O2S. The first-order valence-electron chi connectivity index (χ1n) is 6.23. The quantitative estimate of drug-likeness (QED) is 0.889. The van der Waals surface area contributed by atoms with E-state index in [4.69, 9.17) is 0 Å². The van der Waals surface area contributed by atoms with Gasteiger partial charge in [0, 0.05) is 12.1 Å². The van der Waals surface area contributed by atoms with E-state index in [0.29, 0.717) is 16.4 Å². The maximum atomic E-state index is 13.2. The fourth-order valence-electron chi connectivity index (χ4n) is 2.21. The molecule has 108 valence electrons. The SMILES string of the molecule is Cc1nnc(NC(=O)[C@@H]2CC(=O)Nc3cc(F)ccc32)s1. The summed E-state index contributed by atoms with van der Waals surface area (Å²) in [6, 6.07) is 3.99. The van der Waals surface area contributed by atoms with E-state index in [9.17, 15) is 14.0 Å². The molecule has 1 atom stereocenters. The first-order valence-corrected chi connectivity index (χ1v) is 7.05. The number of amides is 2. The van der Waals surface area contributed by atoms with E-state index < -0.39 is 11.7 Å². The van der Waals surface area contributed by atoms with Gasteiger partial charge in [0.05, 0.1) is 5.92 Å². The molecular weight excluding hydrogens is 295 g/mol. The maximum absolute atomic E-state index is 13.2. The largest absolute Gasteiger partial charge is 0.326 e. The van der Waals surface area contributed by atoms with Crippen molar-refractivity contribution in [3.05, 3.63) is 34.6 Å². The smallest absolute Gasteiger partial charge is 0.234 e. The summed E-state index contributed by atoms with van der Waals surface area (Å²) < 4.78 is 13.2. The zero-order valence-corrected chi connectivity index (χ0v) is 11.8. The van der Waals surface area contributed by atoms with Crippen LogP contribution in [0.4, 0.5) is 15.2 Å². The number of carbonyl (C=O) groups excluding carboxylic acids is 2. The topological polar surface area (TPSA) is 84.0 Å².